The summed E-state index contributed by atoms with van der Waals surface area (Å²) in [5, 5.41) is 21.4. The van der Waals surface area contributed by atoms with Gasteiger partial charge < -0.3 is 14.8 Å². The molecule has 2 fully saturated rings. The van der Waals surface area contributed by atoms with E-state index in [0.717, 1.165) is 37.8 Å². The minimum absolute atomic E-state index is 0.188. The summed E-state index contributed by atoms with van der Waals surface area (Å²) in [5.74, 6) is 4.50. The Morgan fingerprint density at radius 3 is 2.85 bits per heavy atom. The van der Waals surface area contributed by atoms with Crippen molar-refractivity contribution in [3.8, 4) is 23.8 Å². The number of terminal acetylenes is 1. The van der Waals surface area contributed by atoms with Crippen molar-refractivity contribution < 1.29 is 10.2 Å². The molecule has 5 atom stereocenters. The van der Waals surface area contributed by atoms with Crippen molar-refractivity contribution in [1.29, 1.82) is 0 Å². The highest BCUT2D eigenvalue weighted by molar-refractivity contribution is 5.54. The Kier molecular flexibility index (Phi) is 3.52. The quantitative estimate of drug-likeness (QED) is 0.759. The van der Waals surface area contributed by atoms with Gasteiger partial charge in [0.2, 0.25) is 0 Å². The Balaban J connectivity index is 1.61. The summed E-state index contributed by atoms with van der Waals surface area (Å²) >= 11 is 0. The van der Waals surface area contributed by atoms with Gasteiger partial charge in [0.15, 0.2) is 0 Å². The van der Waals surface area contributed by atoms with E-state index in [2.05, 4.69) is 17.8 Å². The average molecular weight is 362 g/mol. The van der Waals surface area contributed by atoms with E-state index >= 15 is 0 Å². The van der Waals surface area contributed by atoms with Gasteiger partial charge in [0.1, 0.15) is 11.4 Å². The monoisotopic (exact) mass is 362 g/mol. The summed E-state index contributed by atoms with van der Waals surface area (Å²) in [4.78, 5) is 4.20. The standard InChI is InChI=1S/C23H26N2O2/c1-3-23(27)9-7-19-17-5-4-15-12-16(26)13-20(25-11-10-24-14-25)21(15)18(17)6-8-22(19,23)2/h1,10-14,17-19,26-27H,4-9H2,2H3/t17-,18+,19+,22?,23+/m1/s1. The number of imidazole rings is 1. The van der Waals surface area contributed by atoms with E-state index in [1.54, 1.807) is 12.5 Å². The van der Waals surface area contributed by atoms with Crippen molar-refractivity contribution in [2.45, 2.75) is 57.0 Å². The van der Waals surface area contributed by atoms with Crippen LogP contribution in [-0.2, 0) is 6.42 Å². The van der Waals surface area contributed by atoms with E-state index in [4.69, 9.17) is 6.42 Å². The molecule has 0 radical (unpaired) electrons. The maximum absolute atomic E-state index is 11.1. The van der Waals surface area contributed by atoms with Crippen LogP contribution in [0.2, 0.25) is 0 Å². The third kappa shape index (κ3) is 2.18. The highest BCUT2D eigenvalue weighted by Gasteiger charge is 2.61. The molecule has 3 aliphatic rings. The normalized spacial score (nSPS) is 37.1. The van der Waals surface area contributed by atoms with Crippen LogP contribution < -0.4 is 0 Å². The zero-order valence-electron chi connectivity index (χ0n) is 15.7. The number of benzene rings is 1. The lowest BCUT2D eigenvalue weighted by atomic mass is 9.53. The number of phenols is 1. The number of fused-ring (bicyclic) bond motifs is 5. The number of aliphatic hydroxyl groups is 1. The first-order valence-corrected chi connectivity index (χ1v) is 10.0. The summed E-state index contributed by atoms with van der Waals surface area (Å²) in [6.07, 6.45) is 17.1. The van der Waals surface area contributed by atoms with Gasteiger partial charge in [0.05, 0.1) is 12.0 Å². The first-order chi connectivity index (χ1) is 13.0. The Morgan fingerprint density at radius 2 is 2.11 bits per heavy atom. The SMILES string of the molecule is C#C[C@]1(O)CC[C@H]2[C@@H]3CCc4cc(O)cc(-n5ccnc5)c4[C@H]3CCC21C. The number of rotatable bonds is 1. The molecule has 1 aromatic heterocycles. The van der Waals surface area contributed by atoms with Gasteiger partial charge in [-0.15, -0.1) is 6.42 Å². The number of nitrogens with zero attached hydrogens (tertiary/aromatic N) is 2. The fraction of sp³-hybridized carbons (Fsp3) is 0.522. The van der Waals surface area contributed by atoms with Crippen molar-refractivity contribution in [2.24, 2.45) is 17.3 Å². The van der Waals surface area contributed by atoms with Crippen molar-refractivity contribution in [3.63, 3.8) is 0 Å². The maximum atomic E-state index is 11.1. The van der Waals surface area contributed by atoms with E-state index in [0.29, 0.717) is 29.9 Å². The van der Waals surface area contributed by atoms with Gasteiger partial charge in [-0.1, -0.05) is 12.8 Å². The number of aromatic nitrogens is 2. The summed E-state index contributed by atoms with van der Waals surface area (Å²) in [7, 11) is 0. The van der Waals surface area contributed by atoms with Gasteiger partial charge >= 0.3 is 0 Å². The number of phenolic OH excluding ortho intramolecular Hbond substituents is 1. The van der Waals surface area contributed by atoms with Gasteiger partial charge in [0, 0.05) is 23.9 Å². The van der Waals surface area contributed by atoms with Crippen LogP contribution in [0.3, 0.4) is 0 Å². The molecule has 0 aliphatic heterocycles. The Labute approximate surface area is 160 Å². The molecule has 140 valence electrons. The molecule has 2 aromatic rings. The molecule has 4 nitrogen and oxygen atoms in total. The number of aromatic hydroxyl groups is 1. The highest BCUT2D eigenvalue weighted by Crippen LogP contribution is 2.64. The second-order valence-electron chi connectivity index (χ2n) is 8.92. The molecule has 1 aromatic carbocycles. The van der Waals surface area contributed by atoms with Crippen molar-refractivity contribution >= 4 is 0 Å². The smallest absolute Gasteiger partial charge is 0.130 e. The maximum Gasteiger partial charge on any atom is 0.130 e. The summed E-state index contributed by atoms with van der Waals surface area (Å²) in [6, 6.07) is 3.80. The first kappa shape index (κ1) is 16.9. The van der Waals surface area contributed by atoms with E-state index in [1.807, 2.05) is 22.9 Å². The molecular weight excluding hydrogens is 336 g/mol. The van der Waals surface area contributed by atoms with E-state index in [-0.39, 0.29) is 5.41 Å². The number of aryl methyl sites for hydroxylation is 1. The van der Waals surface area contributed by atoms with Gasteiger partial charge in [0.25, 0.3) is 0 Å². The molecule has 0 amide bonds. The van der Waals surface area contributed by atoms with Crippen LogP contribution in [0, 0.1) is 29.6 Å². The molecule has 1 heterocycles. The van der Waals surface area contributed by atoms with E-state index in [1.165, 1.54) is 11.1 Å². The van der Waals surface area contributed by atoms with E-state index < -0.39 is 5.60 Å². The van der Waals surface area contributed by atoms with E-state index in [9.17, 15) is 10.2 Å². The predicted octanol–water partition coefficient (Wildman–Crippen LogP) is 3.80. The molecule has 1 unspecified atom stereocenters. The fourth-order valence-corrected chi connectivity index (χ4v) is 6.55. The number of hydrogen-bond donors (Lipinski definition) is 2. The molecule has 3 aliphatic carbocycles. The molecule has 4 heteroatoms. The van der Waals surface area contributed by atoms with Crippen molar-refractivity contribution in [2.75, 3.05) is 0 Å². The van der Waals surface area contributed by atoms with Gasteiger partial charge in [-0.05, 0) is 73.5 Å². The molecule has 2 saturated carbocycles. The Bertz CT molecular complexity index is 929. The zero-order valence-corrected chi connectivity index (χ0v) is 15.7. The minimum Gasteiger partial charge on any atom is -0.508 e. The van der Waals surface area contributed by atoms with Crippen LogP contribution in [0.1, 0.15) is 56.1 Å². The second-order valence-corrected chi connectivity index (χ2v) is 8.92. The highest BCUT2D eigenvalue weighted by atomic mass is 16.3. The lowest BCUT2D eigenvalue weighted by molar-refractivity contribution is -0.0646. The third-order valence-corrected chi connectivity index (χ3v) is 7.96. The largest absolute Gasteiger partial charge is 0.508 e. The van der Waals surface area contributed by atoms with Gasteiger partial charge in [-0.3, -0.25) is 0 Å². The third-order valence-electron chi connectivity index (χ3n) is 7.96. The van der Waals surface area contributed by atoms with Crippen LogP contribution >= 0.6 is 0 Å². The molecule has 0 saturated heterocycles. The van der Waals surface area contributed by atoms with Crippen LogP contribution in [0.15, 0.2) is 30.9 Å². The van der Waals surface area contributed by atoms with Crippen LogP contribution in [0.4, 0.5) is 0 Å². The van der Waals surface area contributed by atoms with Crippen molar-refractivity contribution in [3.05, 3.63) is 42.0 Å². The lowest BCUT2D eigenvalue weighted by Gasteiger charge is -2.52. The molecule has 2 N–H and O–H groups in total. The summed E-state index contributed by atoms with van der Waals surface area (Å²) in [6.45, 7) is 2.21. The lowest BCUT2D eigenvalue weighted by Crippen LogP contribution is -2.50. The minimum atomic E-state index is -0.967. The van der Waals surface area contributed by atoms with Crippen LogP contribution in [-0.4, -0.2) is 25.4 Å². The molecular formula is C23H26N2O2. The number of hydrogen-bond acceptors (Lipinski definition) is 3. The second kappa shape index (κ2) is 5.62. The molecule has 5 rings (SSSR count). The van der Waals surface area contributed by atoms with Crippen LogP contribution in [0.5, 0.6) is 5.75 Å². The van der Waals surface area contributed by atoms with Gasteiger partial charge in [-0.25, -0.2) is 4.98 Å². The Hall–Kier alpha value is -2.25. The Morgan fingerprint density at radius 1 is 1.26 bits per heavy atom. The fourth-order valence-electron chi connectivity index (χ4n) is 6.55. The molecule has 27 heavy (non-hydrogen) atoms. The first-order valence-electron chi connectivity index (χ1n) is 10.0. The zero-order chi connectivity index (χ0) is 18.8. The van der Waals surface area contributed by atoms with Crippen LogP contribution in [0.25, 0.3) is 5.69 Å². The molecule has 0 spiro atoms. The summed E-state index contributed by atoms with van der Waals surface area (Å²) in [5.41, 5.74) is 2.51. The average Bonchev–Trinajstić information content (AvgIpc) is 3.28. The predicted molar refractivity (Wildman–Crippen MR) is 104 cm³/mol. The van der Waals surface area contributed by atoms with Crippen molar-refractivity contribution in [1.82, 2.24) is 9.55 Å². The topological polar surface area (TPSA) is 58.3 Å². The van der Waals surface area contributed by atoms with Gasteiger partial charge in [-0.2, -0.15) is 0 Å². The summed E-state index contributed by atoms with van der Waals surface area (Å²) < 4.78 is 2.02. The molecule has 0 bridgehead atoms.